The lowest BCUT2D eigenvalue weighted by atomic mass is 10.2. The SMILES string of the molecule is C/C=S(/N)c1ccccc1S(=O)(=O)NC(=O)c1cnc(-c2cc3ccccc3o2)c(OCCOCCOC)c1. The number of carbonyl (C=O) groups excluding carboxylic acids is 1. The van der Waals surface area contributed by atoms with Gasteiger partial charge in [-0.3, -0.25) is 9.93 Å². The summed E-state index contributed by atoms with van der Waals surface area (Å²) in [6.45, 7) is 3.00. The highest BCUT2D eigenvalue weighted by Gasteiger charge is 2.24. The molecule has 0 spiro atoms. The van der Waals surface area contributed by atoms with Crippen LogP contribution in [0.1, 0.15) is 17.3 Å². The van der Waals surface area contributed by atoms with Crippen LogP contribution < -0.4 is 14.6 Å². The van der Waals surface area contributed by atoms with E-state index in [0.29, 0.717) is 35.1 Å². The number of sulfonamides is 1. The number of furan rings is 1. The molecule has 1 amide bonds. The maximum Gasteiger partial charge on any atom is 0.266 e. The average molecular weight is 572 g/mol. The van der Waals surface area contributed by atoms with Crippen LogP contribution in [0.15, 0.2) is 81.1 Å². The second-order valence-electron chi connectivity index (χ2n) is 8.16. The molecule has 1 atom stereocenters. The third-order valence-electron chi connectivity index (χ3n) is 5.56. The van der Waals surface area contributed by atoms with E-state index in [-0.39, 0.29) is 29.4 Å². The van der Waals surface area contributed by atoms with Gasteiger partial charge in [-0.15, -0.1) is 0 Å². The first-order chi connectivity index (χ1) is 18.8. The molecular formula is C27H29N3O7S2. The van der Waals surface area contributed by atoms with Crippen LogP contribution in [0.25, 0.3) is 22.4 Å². The van der Waals surface area contributed by atoms with Crippen molar-refractivity contribution >= 4 is 42.9 Å². The second kappa shape index (κ2) is 13.0. The molecule has 3 N–H and O–H groups in total. The molecule has 0 fully saturated rings. The molecule has 4 rings (SSSR count). The Hall–Kier alpha value is -3.55. The highest BCUT2D eigenvalue weighted by molar-refractivity contribution is 8.13. The number of methoxy groups -OCH3 is 1. The predicted molar refractivity (Wildman–Crippen MR) is 151 cm³/mol. The second-order valence-corrected chi connectivity index (χ2v) is 11.5. The number of hydrogen-bond acceptors (Lipinski definition) is 9. The zero-order chi connectivity index (χ0) is 27.8. The van der Waals surface area contributed by atoms with Gasteiger partial charge in [-0.25, -0.2) is 18.1 Å². The van der Waals surface area contributed by atoms with E-state index in [2.05, 4.69) is 9.71 Å². The van der Waals surface area contributed by atoms with E-state index in [9.17, 15) is 13.2 Å². The van der Waals surface area contributed by atoms with Crippen LogP contribution in [0.4, 0.5) is 0 Å². The highest BCUT2D eigenvalue weighted by Crippen LogP contribution is 2.33. The van der Waals surface area contributed by atoms with Gasteiger partial charge in [-0.1, -0.05) is 41.0 Å². The predicted octanol–water partition coefficient (Wildman–Crippen LogP) is 3.98. The van der Waals surface area contributed by atoms with Gasteiger partial charge in [-0.2, -0.15) is 0 Å². The first kappa shape index (κ1) is 28.5. The van der Waals surface area contributed by atoms with Crippen LogP contribution in [0.5, 0.6) is 5.75 Å². The quantitative estimate of drug-likeness (QED) is 0.191. The minimum atomic E-state index is -4.23. The summed E-state index contributed by atoms with van der Waals surface area (Å²) in [6, 6.07) is 17.0. The number of carbonyl (C=O) groups is 1. The minimum Gasteiger partial charge on any atom is -0.489 e. The molecule has 206 valence electrons. The van der Waals surface area contributed by atoms with Gasteiger partial charge in [0.15, 0.2) is 5.76 Å². The number of amides is 1. The molecular weight excluding hydrogens is 542 g/mol. The molecule has 0 saturated heterocycles. The number of ether oxygens (including phenoxy) is 3. The molecule has 0 saturated carbocycles. The molecule has 12 heteroatoms. The zero-order valence-electron chi connectivity index (χ0n) is 21.5. The number of nitrogens with two attached hydrogens (primary N) is 1. The largest absolute Gasteiger partial charge is 0.489 e. The molecule has 4 aromatic rings. The highest BCUT2D eigenvalue weighted by atomic mass is 32.2. The lowest BCUT2D eigenvalue weighted by molar-refractivity contribution is 0.0544. The molecule has 39 heavy (non-hydrogen) atoms. The van der Waals surface area contributed by atoms with Crippen LogP contribution in [0.3, 0.4) is 0 Å². The van der Waals surface area contributed by atoms with E-state index in [1.807, 2.05) is 30.3 Å². The Morgan fingerprint density at radius 2 is 1.82 bits per heavy atom. The lowest BCUT2D eigenvalue weighted by Crippen LogP contribution is -2.31. The van der Waals surface area contributed by atoms with Crippen molar-refractivity contribution in [1.29, 1.82) is 0 Å². The summed E-state index contributed by atoms with van der Waals surface area (Å²) in [4.78, 5) is 17.8. The Labute approximate surface area is 229 Å². The minimum absolute atomic E-state index is 0.0139. The van der Waals surface area contributed by atoms with E-state index in [1.54, 1.807) is 37.6 Å². The van der Waals surface area contributed by atoms with Crippen molar-refractivity contribution in [3.63, 3.8) is 0 Å². The van der Waals surface area contributed by atoms with Crippen molar-refractivity contribution in [1.82, 2.24) is 9.71 Å². The van der Waals surface area contributed by atoms with Crippen molar-refractivity contribution in [2.75, 3.05) is 33.5 Å². The Balaban J connectivity index is 1.62. The third kappa shape index (κ3) is 6.91. The Bertz CT molecular complexity index is 1570. The average Bonchev–Trinajstić information content (AvgIpc) is 3.38. The van der Waals surface area contributed by atoms with Gasteiger partial charge < -0.3 is 18.6 Å². The Kier molecular flexibility index (Phi) is 9.49. The van der Waals surface area contributed by atoms with Crippen molar-refractivity contribution in [3.8, 4) is 17.2 Å². The monoisotopic (exact) mass is 571 g/mol. The molecule has 1 unspecified atom stereocenters. The maximum absolute atomic E-state index is 13.1. The number of pyridine rings is 1. The Morgan fingerprint density at radius 3 is 2.59 bits per heavy atom. The summed E-state index contributed by atoms with van der Waals surface area (Å²) >= 11 is 0. The van der Waals surface area contributed by atoms with Gasteiger partial charge in [-0.05, 0) is 42.6 Å². The number of fused-ring (bicyclic) bond motifs is 1. The number of nitrogens with one attached hydrogen (secondary N) is 1. The fourth-order valence-electron chi connectivity index (χ4n) is 3.65. The van der Waals surface area contributed by atoms with Gasteiger partial charge in [0.1, 0.15) is 28.5 Å². The molecule has 10 nitrogen and oxygen atoms in total. The molecule has 0 aliphatic heterocycles. The number of para-hydroxylation sites is 1. The first-order valence-corrected chi connectivity index (χ1v) is 14.8. The van der Waals surface area contributed by atoms with Crippen molar-refractivity contribution in [2.24, 2.45) is 5.14 Å². The number of hydrogen-bond donors (Lipinski definition) is 2. The van der Waals surface area contributed by atoms with E-state index in [4.69, 9.17) is 23.8 Å². The molecule has 0 radical (unpaired) electrons. The summed E-state index contributed by atoms with van der Waals surface area (Å²) in [7, 11) is -3.56. The smallest absolute Gasteiger partial charge is 0.266 e. The number of benzene rings is 2. The molecule has 0 bridgehead atoms. The van der Waals surface area contributed by atoms with Gasteiger partial charge in [0.05, 0.1) is 25.4 Å². The van der Waals surface area contributed by atoms with Crippen molar-refractivity contribution in [3.05, 3.63) is 72.4 Å². The van der Waals surface area contributed by atoms with Crippen LogP contribution in [-0.2, 0) is 19.5 Å². The molecule has 0 aliphatic rings. The van der Waals surface area contributed by atoms with Crippen LogP contribution in [0.2, 0.25) is 0 Å². The van der Waals surface area contributed by atoms with Gasteiger partial charge in [0, 0.05) is 23.6 Å². The first-order valence-electron chi connectivity index (χ1n) is 12.0. The van der Waals surface area contributed by atoms with Gasteiger partial charge in [0.25, 0.3) is 15.9 Å². The van der Waals surface area contributed by atoms with Crippen LogP contribution >= 0.6 is 10.7 Å². The van der Waals surface area contributed by atoms with Crippen molar-refractivity contribution in [2.45, 2.75) is 16.7 Å². The van der Waals surface area contributed by atoms with E-state index < -0.39 is 26.6 Å². The van der Waals surface area contributed by atoms with Gasteiger partial charge >= 0.3 is 0 Å². The summed E-state index contributed by atoms with van der Waals surface area (Å²) < 4.78 is 50.7. The van der Waals surface area contributed by atoms with Crippen LogP contribution in [0, 0.1) is 0 Å². The molecule has 2 aromatic carbocycles. The summed E-state index contributed by atoms with van der Waals surface area (Å²) in [6.07, 6.45) is 1.27. The number of aromatic nitrogens is 1. The summed E-state index contributed by atoms with van der Waals surface area (Å²) in [5, 5.41) is 8.65. The lowest BCUT2D eigenvalue weighted by Gasteiger charge is -2.14. The van der Waals surface area contributed by atoms with Gasteiger partial charge in [0.2, 0.25) is 0 Å². The summed E-state index contributed by atoms with van der Waals surface area (Å²) in [5.74, 6) is -0.197. The topological polar surface area (TPSA) is 143 Å². The fraction of sp³-hybridized carbons (Fsp3) is 0.222. The van der Waals surface area contributed by atoms with E-state index >= 15 is 0 Å². The zero-order valence-corrected chi connectivity index (χ0v) is 23.1. The van der Waals surface area contributed by atoms with Crippen molar-refractivity contribution < 1.29 is 31.8 Å². The third-order valence-corrected chi connectivity index (χ3v) is 8.45. The fourth-order valence-corrected chi connectivity index (χ4v) is 6.12. The molecule has 0 aliphatic carbocycles. The maximum atomic E-state index is 13.1. The molecule has 2 aromatic heterocycles. The normalized spacial score (nSPS) is 12.5. The van der Waals surface area contributed by atoms with E-state index in [0.717, 1.165) is 5.39 Å². The Morgan fingerprint density at radius 1 is 1.08 bits per heavy atom. The number of rotatable bonds is 12. The van der Waals surface area contributed by atoms with E-state index in [1.165, 1.54) is 18.3 Å². The standard InChI is InChI=1S/C27H29N3O7S2/c1-3-38(28)24-10-6-7-11-25(24)39(32,33)30-27(31)20-17-22(36-15-14-35-13-12-34-2)26(29-18-20)23-16-19-8-4-5-9-21(19)37-23/h3-11,16-18H,12-15,28H2,1-2H3,(H,30,31). The van der Waals surface area contributed by atoms with Crippen LogP contribution in [-0.4, -0.2) is 58.2 Å². The summed E-state index contributed by atoms with van der Waals surface area (Å²) in [5.41, 5.74) is 1.01. The number of nitrogens with zero attached hydrogens (tertiary/aromatic N) is 1. The molecule has 2 heterocycles.